The van der Waals surface area contributed by atoms with Crippen LogP contribution in [0.25, 0.3) is 0 Å². The van der Waals surface area contributed by atoms with Crippen LogP contribution in [0.4, 0.5) is 11.9 Å². The average molecular weight is 279 g/mol. The number of nitrogens with zero attached hydrogens (tertiary/aromatic N) is 3. The molecule has 3 unspecified atom stereocenters. The molecule has 3 N–H and O–H groups in total. The molecular formula is C14H25N5O. The third-order valence-corrected chi connectivity index (χ3v) is 4.04. The fourth-order valence-electron chi connectivity index (χ4n) is 2.89. The Labute approximate surface area is 120 Å². The fourth-order valence-corrected chi connectivity index (χ4v) is 2.89. The summed E-state index contributed by atoms with van der Waals surface area (Å²) in [4.78, 5) is 12.4. The summed E-state index contributed by atoms with van der Waals surface area (Å²) in [5.74, 6) is 2.10. The maximum absolute atomic E-state index is 5.72. The van der Waals surface area contributed by atoms with Crippen molar-refractivity contribution in [1.29, 1.82) is 0 Å². The van der Waals surface area contributed by atoms with Crippen LogP contribution in [0.3, 0.4) is 0 Å². The second-order valence-electron chi connectivity index (χ2n) is 5.82. The van der Waals surface area contributed by atoms with Crippen LogP contribution in [0, 0.1) is 11.8 Å². The first-order valence-corrected chi connectivity index (χ1v) is 7.44. The molecule has 112 valence electrons. The molecule has 1 aliphatic rings. The van der Waals surface area contributed by atoms with Crippen molar-refractivity contribution in [2.24, 2.45) is 11.8 Å². The van der Waals surface area contributed by atoms with Crippen molar-refractivity contribution in [3.05, 3.63) is 0 Å². The summed E-state index contributed by atoms with van der Waals surface area (Å²) in [6.07, 6.45) is 3.64. The predicted octanol–water partition coefficient (Wildman–Crippen LogP) is 2.48. The number of rotatable bonds is 5. The molecule has 0 saturated heterocycles. The van der Waals surface area contributed by atoms with E-state index < -0.39 is 0 Å². The Hall–Kier alpha value is -1.59. The number of nitrogen functional groups attached to an aromatic ring is 1. The molecule has 0 bridgehead atoms. The van der Waals surface area contributed by atoms with E-state index >= 15 is 0 Å². The van der Waals surface area contributed by atoms with E-state index in [0.717, 1.165) is 12.3 Å². The molecule has 1 aliphatic carbocycles. The monoisotopic (exact) mass is 279 g/mol. The molecule has 1 saturated carbocycles. The zero-order chi connectivity index (χ0) is 14.7. The second kappa shape index (κ2) is 6.24. The Morgan fingerprint density at radius 2 is 2.05 bits per heavy atom. The van der Waals surface area contributed by atoms with Gasteiger partial charge in [0.2, 0.25) is 11.9 Å². The molecule has 0 amide bonds. The number of nitrogens with two attached hydrogens (primary N) is 1. The van der Waals surface area contributed by atoms with Gasteiger partial charge in [0.1, 0.15) is 0 Å². The van der Waals surface area contributed by atoms with Crippen LogP contribution in [0.2, 0.25) is 0 Å². The lowest BCUT2D eigenvalue weighted by atomic mass is 9.94. The highest BCUT2D eigenvalue weighted by Crippen LogP contribution is 2.35. The molecule has 0 radical (unpaired) electrons. The third kappa shape index (κ3) is 3.49. The van der Waals surface area contributed by atoms with E-state index in [1.807, 2.05) is 13.8 Å². The molecule has 3 atom stereocenters. The number of aromatic nitrogens is 3. The number of ether oxygens (including phenoxy) is 1. The van der Waals surface area contributed by atoms with Gasteiger partial charge in [-0.25, -0.2) is 0 Å². The zero-order valence-electron chi connectivity index (χ0n) is 12.8. The van der Waals surface area contributed by atoms with Gasteiger partial charge in [0.15, 0.2) is 0 Å². The lowest BCUT2D eigenvalue weighted by Gasteiger charge is -2.21. The number of hydrogen-bond acceptors (Lipinski definition) is 6. The van der Waals surface area contributed by atoms with Crippen LogP contribution in [-0.2, 0) is 0 Å². The normalized spacial score (nSPS) is 25.9. The molecule has 6 nitrogen and oxygen atoms in total. The third-order valence-electron chi connectivity index (χ3n) is 4.04. The molecule has 0 aliphatic heterocycles. The van der Waals surface area contributed by atoms with E-state index in [0.29, 0.717) is 17.9 Å². The Kier molecular flexibility index (Phi) is 4.62. The first-order valence-electron chi connectivity index (χ1n) is 7.44. The highest BCUT2D eigenvalue weighted by Gasteiger charge is 2.32. The number of nitrogens with one attached hydrogen (secondary N) is 1. The van der Waals surface area contributed by atoms with Gasteiger partial charge in [-0.05, 0) is 38.5 Å². The van der Waals surface area contributed by atoms with Crippen LogP contribution in [0.15, 0.2) is 0 Å². The fraction of sp³-hybridized carbons (Fsp3) is 0.786. The topological polar surface area (TPSA) is 86.0 Å². The van der Waals surface area contributed by atoms with E-state index in [1.165, 1.54) is 12.8 Å². The summed E-state index contributed by atoms with van der Waals surface area (Å²) in [5, 5.41) is 3.39. The van der Waals surface area contributed by atoms with Gasteiger partial charge in [-0.2, -0.15) is 15.0 Å². The number of anilines is 2. The van der Waals surface area contributed by atoms with Crippen LogP contribution >= 0.6 is 0 Å². The number of hydrogen-bond donors (Lipinski definition) is 2. The maximum Gasteiger partial charge on any atom is 0.323 e. The Bertz CT molecular complexity index is 451. The molecule has 0 aromatic carbocycles. The minimum absolute atomic E-state index is 0.0134. The van der Waals surface area contributed by atoms with E-state index in [-0.39, 0.29) is 18.1 Å². The van der Waals surface area contributed by atoms with Gasteiger partial charge in [-0.1, -0.05) is 20.3 Å². The molecule has 1 aromatic heterocycles. The average Bonchev–Trinajstić information content (AvgIpc) is 2.69. The smallest absolute Gasteiger partial charge is 0.323 e. The first-order chi connectivity index (χ1) is 9.49. The molecular weight excluding hydrogens is 254 g/mol. The van der Waals surface area contributed by atoms with Crippen LogP contribution < -0.4 is 15.8 Å². The summed E-state index contributed by atoms with van der Waals surface area (Å²) in [5.41, 5.74) is 5.72. The Morgan fingerprint density at radius 3 is 2.65 bits per heavy atom. The second-order valence-corrected chi connectivity index (χ2v) is 5.82. The van der Waals surface area contributed by atoms with Crippen LogP contribution in [0.1, 0.15) is 47.0 Å². The summed E-state index contributed by atoms with van der Waals surface area (Å²) in [6.45, 7) is 8.39. The molecule has 2 rings (SSSR count). The van der Waals surface area contributed by atoms with Gasteiger partial charge in [0.05, 0.1) is 6.10 Å². The van der Waals surface area contributed by atoms with Crippen molar-refractivity contribution in [1.82, 2.24) is 15.0 Å². The van der Waals surface area contributed by atoms with Crippen molar-refractivity contribution in [3.63, 3.8) is 0 Å². The van der Waals surface area contributed by atoms with Gasteiger partial charge in [-0.3, -0.25) is 0 Å². The van der Waals surface area contributed by atoms with Crippen LogP contribution in [0.5, 0.6) is 6.01 Å². The van der Waals surface area contributed by atoms with E-state index in [9.17, 15) is 0 Å². The predicted molar refractivity (Wildman–Crippen MR) is 79.6 cm³/mol. The SMILES string of the molecule is CCC1CCC(Nc2nc(N)nc(OC(C)C)n2)C1C. The van der Waals surface area contributed by atoms with Crippen molar-refractivity contribution in [3.8, 4) is 6.01 Å². The van der Waals surface area contributed by atoms with Gasteiger partial charge in [0.25, 0.3) is 0 Å². The highest BCUT2D eigenvalue weighted by atomic mass is 16.5. The summed E-state index contributed by atoms with van der Waals surface area (Å²) >= 11 is 0. The van der Waals surface area contributed by atoms with Gasteiger partial charge >= 0.3 is 6.01 Å². The van der Waals surface area contributed by atoms with Gasteiger partial charge in [-0.15, -0.1) is 0 Å². The summed E-state index contributed by atoms with van der Waals surface area (Å²) < 4.78 is 5.49. The Morgan fingerprint density at radius 1 is 1.30 bits per heavy atom. The minimum atomic E-state index is 0.0134. The standard InChI is InChI=1S/C14H25N5O/c1-5-10-6-7-11(9(10)4)16-13-17-12(15)18-14(19-13)20-8(2)3/h8-11H,5-7H2,1-4H3,(H3,15,16,17,18,19). The van der Waals surface area contributed by atoms with Gasteiger partial charge < -0.3 is 15.8 Å². The summed E-state index contributed by atoms with van der Waals surface area (Å²) in [6, 6.07) is 0.682. The lowest BCUT2D eigenvalue weighted by Crippen LogP contribution is -2.26. The maximum atomic E-state index is 5.72. The molecule has 1 fully saturated rings. The molecule has 1 heterocycles. The zero-order valence-corrected chi connectivity index (χ0v) is 12.8. The lowest BCUT2D eigenvalue weighted by molar-refractivity contribution is 0.222. The van der Waals surface area contributed by atoms with Crippen molar-refractivity contribution in [2.75, 3.05) is 11.1 Å². The Balaban J connectivity index is 2.07. The van der Waals surface area contributed by atoms with Crippen molar-refractivity contribution in [2.45, 2.75) is 59.1 Å². The molecule has 6 heteroatoms. The molecule has 0 spiro atoms. The van der Waals surface area contributed by atoms with E-state index in [1.54, 1.807) is 0 Å². The molecule has 20 heavy (non-hydrogen) atoms. The van der Waals surface area contributed by atoms with Crippen molar-refractivity contribution >= 4 is 11.9 Å². The van der Waals surface area contributed by atoms with E-state index in [2.05, 4.69) is 34.1 Å². The first kappa shape index (κ1) is 14.8. The summed E-state index contributed by atoms with van der Waals surface area (Å²) in [7, 11) is 0. The van der Waals surface area contributed by atoms with E-state index in [4.69, 9.17) is 10.5 Å². The van der Waals surface area contributed by atoms with Crippen molar-refractivity contribution < 1.29 is 4.74 Å². The van der Waals surface area contributed by atoms with Gasteiger partial charge in [0, 0.05) is 6.04 Å². The highest BCUT2D eigenvalue weighted by molar-refractivity contribution is 5.34. The van der Waals surface area contributed by atoms with Crippen LogP contribution in [-0.4, -0.2) is 27.1 Å². The largest absolute Gasteiger partial charge is 0.461 e. The minimum Gasteiger partial charge on any atom is -0.461 e. The molecule has 1 aromatic rings. The quantitative estimate of drug-likeness (QED) is 0.861.